The van der Waals surface area contributed by atoms with Gasteiger partial charge in [-0.15, -0.1) is 0 Å². The summed E-state index contributed by atoms with van der Waals surface area (Å²) in [5, 5.41) is 0. The van der Waals surface area contributed by atoms with Crippen LogP contribution in [-0.2, 0) is 0 Å². The van der Waals surface area contributed by atoms with Gasteiger partial charge < -0.3 is 4.85 Å². The summed E-state index contributed by atoms with van der Waals surface area (Å²) >= 11 is 0. The van der Waals surface area contributed by atoms with Crippen LogP contribution in [0.15, 0.2) is 11.6 Å². The van der Waals surface area contributed by atoms with Gasteiger partial charge in [0.25, 0.3) is 0 Å². The fourth-order valence-corrected chi connectivity index (χ4v) is 3.76. The summed E-state index contributed by atoms with van der Waals surface area (Å²) in [6, 6.07) is 0. The Hall–Kier alpha value is -0.770. The maximum absolute atomic E-state index is 7.58. The lowest BCUT2D eigenvalue weighted by molar-refractivity contribution is 0.280. The van der Waals surface area contributed by atoms with Gasteiger partial charge in [-0.3, -0.25) is 0 Å². The van der Waals surface area contributed by atoms with Crippen molar-refractivity contribution in [2.45, 2.75) is 58.9 Å². The monoisotopic (exact) mass is 231 g/mol. The molecule has 1 saturated carbocycles. The molecule has 0 heterocycles. The molecule has 4 atom stereocenters. The molecule has 0 unspecified atom stereocenters. The normalized spacial score (nSPS) is 41.6. The Morgan fingerprint density at radius 1 is 1.41 bits per heavy atom. The van der Waals surface area contributed by atoms with Gasteiger partial charge in [0.1, 0.15) is 0 Å². The molecule has 2 rings (SSSR count). The van der Waals surface area contributed by atoms with Crippen molar-refractivity contribution in [2.24, 2.45) is 23.7 Å². The second kappa shape index (κ2) is 4.48. The van der Waals surface area contributed by atoms with E-state index >= 15 is 0 Å². The molecule has 17 heavy (non-hydrogen) atoms. The summed E-state index contributed by atoms with van der Waals surface area (Å²) in [6.45, 7) is 16.7. The highest BCUT2D eigenvalue weighted by Crippen LogP contribution is 2.50. The summed E-state index contributed by atoms with van der Waals surface area (Å²) < 4.78 is 0. The summed E-state index contributed by atoms with van der Waals surface area (Å²) in [5.41, 5.74) is 1.49. The van der Waals surface area contributed by atoms with Crippen LogP contribution >= 0.6 is 0 Å². The zero-order chi connectivity index (χ0) is 12.6. The number of allylic oxidation sites excluding steroid dienone is 2. The SMILES string of the molecule is [C-]#[N+][C@@]1(C)CCC(C(C)C)=C[C@@H]2[C@H](C)CC[C@@H]21. The molecule has 2 aliphatic rings. The number of fused-ring (bicyclic) bond motifs is 1. The summed E-state index contributed by atoms with van der Waals surface area (Å²) in [6.07, 6.45) is 7.31. The quantitative estimate of drug-likeness (QED) is 0.455. The Morgan fingerprint density at radius 3 is 2.71 bits per heavy atom. The van der Waals surface area contributed by atoms with E-state index in [1.54, 1.807) is 5.57 Å². The Bertz CT molecular complexity index is 360. The van der Waals surface area contributed by atoms with Gasteiger partial charge in [0, 0.05) is 19.3 Å². The van der Waals surface area contributed by atoms with Gasteiger partial charge in [-0.05, 0) is 37.0 Å². The molecule has 0 aromatic heterocycles. The van der Waals surface area contributed by atoms with E-state index in [4.69, 9.17) is 6.57 Å². The van der Waals surface area contributed by atoms with Crippen LogP contribution < -0.4 is 0 Å². The Morgan fingerprint density at radius 2 is 2.12 bits per heavy atom. The van der Waals surface area contributed by atoms with E-state index in [0.29, 0.717) is 17.8 Å². The third kappa shape index (κ3) is 2.15. The molecule has 0 N–H and O–H groups in total. The van der Waals surface area contributed by atoms with E-state index in [0.717, 1.165) is 18.8 Å². The second-order valence-corrected chi connectivity index (χ2v) is 6.60. The molecule has 0 aromatic rings. The molecule has 2 aliphatic carbocycles. The molecule has 0 aromatic carbocycles. The van der Waals surface area contributed by atoms with Gasteiger partial charge in [-0.1, -0.05) is 32.4 Å². The molecule has 0 spiro atoms. The fourth-order valence-electron chi connectivity index (χ4n) is 3.76. The minimum Gasteiger partial charge on any atom is -0.310 e. The van der Waals surface area contributed by atoms with Crippen LogP contribution in [0, 0.1) is 30.2 Å². The molecule has 0 amide bonds. The third-order valence-corrected chi connectivity index (χ3v) is 5.18. The lowest BCUT2D eigenvalue weighted by Crippen LogP contribution is -2.33. The van der Waals surface area contributed by atoms with Crippen molar-refractivity contribution in [3.63, 3.8) is 0 Å². The summed E-state index contributed by atoms with van der Waals surface area (Å²) in [4.78, 5) is 4.03. The van der Waals surface area contributed by atoms with Gasteiger partial charge in [0.15, 0.2) is 0 Å². The predicted molar refractivity (Wildman–Crippen MR) is 72.5 cm³/mol. The van der Waals surface area contributed by atoms with E-state index in [1.807, 2.05) is 0 Å². The molecule has 1 heteroatoms. The number of nitrogens with zero attached hydrogens (tertiary/aromatic N) is 1. The van der Waals surface area contributed by atoms with Gasteiger partial charge in [-0.25, -0.2) is 6.57 Å². The minimum absolute atomic E-state index is 0.109. The topological polar surface area (TPSA) is 4.36 Å². The lowest BCUT2D eigenvalue weighted by Gasteiger charge is -2.26. The van der Waals surface area contributed by atoms with Crippen molar-refractivity contribution in [3.05, 3.63) is 23.1 Å². The van der Waals surface area contributed by atoms with Crippen LogP contribution in [0.25, 0.3) is 4.85 Å². The van der Waals surface area contributed by atoms with Gasteiger partial charge in [0.05, 0.1) is 0 Å². The molecule has 94 valence electrons. The van der Waals surface area contributed by atoms with Gasteiger partial charge in [-0.2, -0.15) is 0 Å². The van der Waals surface area contributed by atoms with Crippen LogP contribution in [0.3, 0.4) is 0 Å². The third-order valence-electron chi connectivity index (χ3n) is 5.18. The average Bonchev–Trinajstić information content (AvgIpc) is 2.57. The zero-order valence-corrected chi connectivity index (χ0v) is 11.7. The lowest BCUT2D eigenvalue weighted by atomic mass is 9.77. The van der Waals surface area contributed by atoms with E-state index in [-0.39, 0.29) is 5.54 Å². The standard InChI is InChI=1S/C16H25N/c1-11(2)13-8-9-16(4,17-5)15-7-6-12(3)14(15)10-13/h10-12,14-15H,6-9H2,1-4H3/t12-,14-,15+,16+/m1/s1. The predicted octanol–water partition coefficient (Wildman–Crippen LogP) is 4.70. The van der Waals surface area contributed by atoms with Crippen molar-refractivity contribution in [2.75, 3.05) is 0 Å². The minimum atomic E-state index is -0.109. The molecule has 0 aliphatic heterocycles. The molecule has 1 fully saturated rings. The Labute approximate surface area is 106 Å². The van der Waals surface area contributed by atoms with E-state index in [1.165, 1.54) is 12.8 Å². The molecular formula is C16H25N. The van der Waals surface area contributed by atoms with E-state index in [9.17, 15) is 0 Å². The van der Waals surface area contributed by atoms with Crippen LogP contribution in [0.4, 0.5) is 0 Å². The van der Waals surface area contributed by atoms with Crippen molar-refractivity contribution >= 4 is 0 Å². The number of hydrogen-bond donors (Lipinski definition) is 0. The highest BCUT2D eigenvalue weighted by molar-refractivity contribution is 5.19. The van der Waals surface area contributed by atoms with Crippen molar-refractivity contribution < 1.29 is 0 Å². The molecule has 0 radical (unpaired) electrons. The zero-order valence-electron chi connectivity index (χ0n) is 11.7. The second-order valence-electron chi connectivity index (χ2n) is 6.60. The van der Waals surface area contributed by atoms with Crippen molar-refractivity contribution in [1.29, 1.82) is 0 Å². The number of rotatable bonds is 1. The van der Waals surface area contributed by atoms with Crippen LogP contribution in [0.5, 0.6) is 0 Å². The number of hydrogen-bond acceptors (Lipinski definition) is 0. The van der Waals surface area contributed by atoms with E-state index < -0.39 is 0 Å². The first-order chi connectivity index (χ1) is 7.98. The molecule has 0 saturated heterocycles. The summed E-state index contributed by atoms with van der Waals surface area (Å²) in [7, 11) is 0. The Kier molecular flexibility index (Phi) is 3.34. The van der Waals surface area contributed by atoms with Gasteiger partial charge in [0.2, 0.25) is 5.54 Å². The van der Waals surface area contributed by atoms with Crippen LogP contribution in [-0.4, -0.2) is 5.54 Å². The summed E-state index contributed by atoms with van der Waals surface area (Å²) in [5.74, 6) is 2.68. The molecule has 1 nitrogen and oxygen atoms in total. The first-order valence-electron chi connectivity index (χ1n) is 7.07. The Balaban J connectivity index is 2.35. The molecular weight excluding hydrogens is 206 g/mol. The largest absolute Gasteiger partial charge is 0.310 e. The first-order valence-corrected chi connectivity index (χ1v) is 7.07. The van der Waals surface area contributed by atoms with E-state index in [2.05, 4.69) is 38.6 Å². The van der Waals surface area contributed by atoms with Crippen molar-refractivity contribution in [1.82, 2.24) is 0 Å². The maximum atomic E-state index is 7.58. The van der Waals surface area contributed by atoms with Crippen LogP contribution in [0.2, 0.25) is 0 Å². The fraction of sp³-hybridized carbons (Fsp3) is 0.812. The average molecular weight is 231 g/mol. The maximum Gasteiger partial charge on any atom is 0.233 e. The van der Waals surface area contributed by atoms with Crippen LogP contribution in [0.1, 0.15) is 53.4 Å². The highest BCUT2D eigenvalue weighted by atomic mass is 14.8. The van der Waals surface area contributed by atoms with Gasteiger partial charge >= 0.3 is 0 Å². The highest BCUT2D eigenvalue weighted by Gasteiger charge is 2.50. The van der Waals surface area contributed by atoms with Crippen molar-refractivity contribution in [3.8, 4) is 0 Å². The molecule has 0 bridgehead atoms. The smallest absolute Gasteiger partial charge is 0.233 e. The first kappa shape index (κ1) is 12.7.